The smallest absolute Gasteiger partial charge is 0.251 e. The number of nitrogens with one attached hydrogen (secondary N) is 2. The lowest BCUT2D eigenvalue weighted by Gasteiger charge is -2.31. The molecule has 0 aliphatic carbocycles. The molecule has 128 valence electrons. The van der Waals surface area contributed by atoms with Gasteiger partial charge in [-0.2, -0.15) is 0 Å². The third kappa shape index (κ3) is 5.20. The van der Waals surface area contributed by atoms with Crippen molar-refractivity contribution in [2.45, 2.75) is 38.3 Å². The molecule has 1 aromatic rings. The molecule has 0 bridgehead atoms. The number of hydrogen-bond donors (Lipinski definition) is 3. The number of carbonyl (C=O) groups excluding carboxylic acids is 2. The fraction of sp³-hybridized carbons (Fsp3) is 0.500. The second kappa shape index (κ2) is 8.29. The molecule has 2 amide bonds. The molecule has 23 heavy (non-hydrogen) atoms. The van der Waals surface area contributed by atoms with Crippen molar-refractivity contribution in [2.75, 3.05) is 18.5 Å². The molecule has 1 fully saturated rings. The third-order valence-corrected chi connectivity index (χ3v) is 3.66. The van der Waals surface area contributed by atoms with Gasteiger partial charge in [-0.15, -0.1) is 12.4 Å². The number of carbonyl (C=O) groups is 2. The first-order valence-corrected chi connectivity index (χ1v) is 7.50. The number of nitrogens with two attached hydrogens (primary N) is 1. The Bertz CT molecular complexity index is 540. The van der Waals surface area contributed by atoms with Gasteiger partial charge in [-0.25, -0.2) is 0 Å². The summed E-state index contributed by atoms with van der Waals surface area (Å²) in [5.41, 5.74) is 6.43. The fourth-order valence-electron chi connectivity index (χ4n) is 2.27. The number of halogens is 1. The van der Waals surface area contributed by atoms with Crippen LogP contribution in [0.3, 0.4) is 0 Å². The summed E-state index contributed by atoms with van der Waals surface area (Å²) in [7, 11) is 0. The van der Waals surface area contributed by atoms with Crippen LogP contribution in [0.1, 0.15) is 37.0 Å². The second-order valence-corrected chi connectivity index (χ2v) is 5.93. The molecule has 0 atom stereocenters. The van der Waals surface area contributed by atoms with Gasteiger partial charge in [0.2, 0.25) is 5.91 Å². The van der Waals surface area contributed by atoms with Crippen LogP contribution in [0.25, 0.3) is 0 Å². The van der Waals surface area contributed by atoms with Crippen molar-refractivity contribution in [1.82, 2.24) is 5.32 Å². The molecule has 0 aromatic heterocycles. The number of anilines is 1. The van der Waals surface area contributed by atoms with E-state index in [1.165, 1.54) is 0 Å². The van der Waals surface area contributed by atoms with Crippen LogP contribution < -0.4 is 16.4 Å². The third-order valence-electron chi connectivity index (χ3n) is 3.66. The Morgan fingerprint density at radius 2 is 1.74 bits per heavy atom. The van der Waals surface area contributed by atoms with Gasteiger partial charge in [-0.1, -0.05) is 0 Å². The van der Waals surface area contributed by atoms with Crippen LogP contribution in [-0.4, -0.2) is 36.6 Å². The molecule has 0 spiro atoms. The predicted octanol–water partition coefficient (Wildman–Crippen LogP) is 1.69. The quantitative estimate of drug-likeness (QED) is 0.777. The highest BCUT2D eigenvalue weighted by Gasteiger charge is 2.35. The van der Waals surface area contributed by atoms with Crippen LogP contribution in [0.2, 0.25) is 0 Å². The first-order chi connectivity index (χ1) is 10.4. The van der Waals surface area contributed by atoms with Gasteiger partial charge in [0.15, 0.2) is 0 Å². The zero-order chi connectivity index (χ0) is 16.2. The number of hydrogen-bond acceptors (Lipinski definition) is 4. The second-order valence-electron chi connectivity index (χ2n) is 5.93. The van der Waals surface area contributed by atoms with Crippen molar-refractivity contribution in [1.29, 1.82) is 0 Å². The van der Waals surface area contributed by atoms with Crippen molar-refractivity contribution >= 4 is 29.9 Å². The van der Waals surface area contributed by atoms with E-state index in [9.17, 15) is 9.59 Å². The maximum atomic E-state index is 12.3. The van der Waals surface area contributed by atoms with E-state index in [-0.39, 0.29) is 30.3 Å². The Balaban J connectivity index is 0.00000264. The number of amides is 2. The molecule has 0 radical (unpaired) electrons. The zero-order valence-corrected chi connectivity index (χ0v) is 14.2. The Morgan fingerprint density at radius 3 is 2.26 bits per heavy atom. The van der Waals surface area contributed by atoms with Crippen molar-refractivity contribution in [3.8, 4) is 0 Å². The molecule has 0 unspecified atom stereocenters. The summed E-state index contributed by atoms with van der Waals surface area (Å²) in [6.07, 6.45) is 1.02. The summed E-state index contributed by atoms with van der Waals surface area (Å²) in [6, 6.07) is 6.85. The van der Waals surface area contributed by atoms with Gasteiger partial charge in [0.25, 0.3) is 5.91 Å². The minimum absolute atomic E-state index is 0. The normalized spacial score (nSPS) is 16.3. The molecule has 1 saturated heterocycles. The van der Waals surface area contributed by atoms with E-state index in [4.69, 9.17) is 10.5 Å². The Hall–Kier alpha value is -1.63. The van der Waals surface area contributed by atoms with Crippen molar-refractivity contribution in [3.63, 3.8) is 0 Å². The first kappa shape index (κ1) is 19.4. The summed E-state index contributed by atoms with van der Waals surface area (Å²) in [4.78, 5) is 24.1. The van der Waals surface area contributed by atoms with Gasteiger partial charge >= 0.3 is 0 Å². The van der Waals surface area contributed by atoms with E-state index >= 15 is 0 Å². The van der Waals surface area contributed by atoms with E-state index in [1.54, 1.807) is 24.3 Å². The van der Waals surface area contributed by atoms with Gasteiger partial charge in [-0.3, -0.25) is 9.59 Å². The van der Waals surface area contributed by atoms with Crippen LogP contribution in [0.5, 0.6) is 0 Å². The summed E-state index contributed by atoms with van der Waals surface area (Å²) in [5, 5.41) is 5.62. The Morgan fingerprint density at radius 1 is 1.17 bits per heavy atom. The lowest BCUT2D eigenvalue weighted by molar-refractivity contribution is -0.124. The van der Waals surface area contributed by atoms with Gasteiger partial charge < -0.3 is 21.1 Å². The standard InChI is InChI=1S/C16H23N3O3.ClH/c1-11(2)18-14(20)12-3-5-13(6-4-12)19-15(21)16(17)7-9-22-10-8-16;/h3-6,11H,7-10,17H2,1-2H3,(H,18,20)(H,19,21);1H. The lowest BCUT2D eigenvalue weighted by atomic mass is 9.90. The maximum absolute atomic E-state index is 12.3. The van der Waals surface area contributed by atoms with E-state index in [2.05, 4.69) is 10.6 Å². The summed E-state index contributed by atoms with van der Waals surface area (Å²) < 4.78 is 5.23. The number of ether oxygens (including phenoxy) is 1. The molecule has 4 N–H and O–H groups in total. The Kier molecular flexibility index (Phi) is 7.00. The van der Waals surface area contributed by atoms with Crippen LogP contribution >= 0.6 is 12.4 Å². The molecule has 6 nitrogen and oxygen atoms in total. The zero-order valence-electron chi connectivity index (χ0n) is 13.4. The lowest BCUT2D eigenvalue weighted by Crippen LogP contribution is -2.54. The molecule has 1 aromatic carbocycles. The van der Waals surface area contributed by atoms with Crippen molar-refractivity contribution < 1.29 is 14.3 Å². The molecule has 1 aliphatic rings. The topological polar surface area (TPSA) is 93.5 Å². The van der Waals surface area contributed by atoms with Crippen molar-refractivity contribution in [2.24, 2.45) is 5.73 Å². The van der Waals surface area contributed by atoms with Crippen LogP contribution in [-0.2, 0) is 9.53 Å². The summed E-state index contributed by atoms with van der Waals surface area (Å²) >= 11 is 0. The van der Waals surface area contributed by atoms with E-state index in [0.29, 0.717) is 37.3 Å². The molecule has 1 aliphatic heterocycles. The summed E-state index contributed by atoms with van der Waals surface area (Å²) in [5.74, 6) is -0.345. The first-order valence-electron chi connectivity index (χ1n) is 7.50. The minimum Gasteiger partial charge on any atom is -0.381 e. The van der Waals surface area contributed by atoms with Gasteiger partial charge in [-0.05, 0) is 51.0 Å². The fourth-order valence-corrected chi connectivity index (χ4v) is 2.27. The van der Waals surface area contributed by atoms with Gasteiger partial charge in [0, 0.05) is 30.5 Å². The predicted molar refractivity (Wildman–Crippen MR) is 91.9 cm³/mol. The molecule has 7 heteroatoms. The molecule has 0 saturated carbocycles. The molecule has 1 heterocycles. The van der Waals surface area contributed by atoms with E-state index in [0.717, 1.165) is 0 Å². The van der Waals surface area contributed by atoms with E-state index < -0.39 is 5.54 Å². The molecule has 2 rings (SSSR count). The Labute approximate surface area is 142 Å². The van der Waals surface area contributed by atoms with Crippen LogP contribution in [0, 0.1) is 0 Å². The number of benzene rings is 1. The average Bonchev–Trinajstić information content (AvgIpc) is 2.48. The SMILES string of the molecule is CC(C)NC(=O)c1ccc(NC(=O)C2(N)CCOCC2)cc1.Cl. The van der Waals surface area contributed by atoms with Crippen molar-refractivity contribution in [3.05, 3.63) is 29.8 Å². The van der Waals surface area contributed by atoms with Crippen LogP contribution in [0.15, 0.2) is 24.3 Å². The van der Waals surface area contributed by atoms with Gasteiger partial charge in [0.1, 0.15) is 5.54 Å². The summed E-state index contributed by atoms with van der Waals surface area (Å²) in [6.45, 7) is 4.80. The highest BCUT2D eigenvalue weighted by Crippen LogP contribution is 2.20. The number of rotatable bonds is 4. The van der Waals surface area contributed by atoms with Crippen LogP contribution in [0.4, 0.5) is 5.69 Å². The van der Waals surface area contributed by atoms with Gasteiger partial charge in [0.05, 0.1) is 0 Å². The minimum atomic E-state index is -0.883. The highest BCUT2D eigenvalue weighted by atomic mass is 35.5. The molecular formula is C16H24ClN3O3. The highest BCUT2D eigenvalue weighted by molar-refractivity contribution is 5.99. The average molecular weight is 342 g/mol. The largest absolute Gasteiger partial charge is 0.381 e. The molecular weight excluding hydrogens is 318 g/mol. The monoisotopic (exact) mass is 341 g/mol. The maximum Gasteiger partial charge on any atom is 0.251 e. The van der Waals surface area contributed by atoms with E-state index in [1.807, 2.05) is 13.8 Å².